The smallest absolute Gasteiger partial charge is 0.191 e. The Labute approximate surface area is 152 Å². The summed E-state index contributed by atoms with van der Waals surface area (Å²) in [6.07, 6.45) is 1.79. The molecule has 0 aromatic heterocycles. The molecule has 1 aliphatic heterocycles. The molecule has 0 radical (unpaired) electrons. The zero-order valence-electron chi connectivity index (χ0n) is 16.1. The molecule has 1 atom stereocenters. The molecule has 1 unspecified atom stereocenters. The first kappa shape index (κ1) is 19.7. The third-order valence-corrected chi connectivity index (χ3v) is 4.93. The van der Waals surface area contributed by atoms with Gasteiger partial charge in [-0.15, -0.1) is 0 Å². The molecule has 1 aromatic carbocycles. The third kappa shape index (κ3) is 6.01. The molecule has 0 saturated carbocycles. The Morgan fingerprint density at radius 1 is 1.24 bits per heavy atom. The van der Waals surface area contributed by atoms with Crippen molar-refractivity contribution >= 4 is 5.96 Å². The van der Waals surface area contributed by atoms with E-state index in [-0.39, 0.29) is 5.60 Å². The minimum absolute atomic E-state index is 0.191. The number of hydrogen-bond acceptors (Lipinski definition) is 3. The monoisotopic (exact) mass is 347 g/mol. The number of hydrogen-bond donors (Lipinski definition) is 2. The topological polar surface area (TPSA) is 54.9 Å². The first-order valence-corrected chi connectivity index (χ1v) is 9.30. The Morgan fingerprint density at radius 3 is 2.52 bits per heavy atom. The second-order valence-corrected chi connectivity index (χ2v) is 6.89. The number of aliphatic imine (C=N–C) groups is 1. The number of aryl methyl sites for hydroxylation is 1. The van der Waals surface area contributed by atoms with E-state index in [9.17, 15) is 0 Å². The molecule has 2 N–H and O–H groups in total. The first-order valence-electron chi connectivity index (χ1n) is 9.30. The summed E-state index contributed by atoms with van der Waals surface area (Å²) < 4.78 is 11.2. The van der Waals surface area contributed by atoms with Crippen molar-refractivity contribution in [2.45, 2.75) is 45.1 Å². The SMILES string of the molecule is CCNC(=NCC1(OC)CCOCC1)NCC(C)c1ccc(C)cc1. The molecule has 1 fully saturated rings. The summed E-state index contributed by atoms with van der Waals surface area (Å²) in [5.41, 5.74) is 2.44. The van der Waals surface area contributed by atoms with Crippen LogP contribution in [-0.4, -0.2) is 51.5 Å². The number of ether oxygens (including phenoxy) is 2. The van der Waals surface area contributed by atoms with Crippen molar-refractivity contribution in [1.29, 1.82) is 0 Å². The van der Waals surface area contributed by atoms with Crippen LogP contribution in [0.4, 0.5) is 0 Å². The molecule has 1 aliphatic rings. The lowest BCUT2D eigenvalue weighted by atomic mass is 9.94. The van der Waals surface area contributed by atoms with E-state index in [0.29, 0.717) is 12.5 Å². The minimum Gasteiger partial charge on any atom is -0.381 e. The summed E-state index contributed by atoms with van der Waals surface area (Å²) in [7, 11) is 1.78. The van der Waals surface area contributed by atoms with Crippen LogP contribution in [0.2, 0.25) is 0 Å². The summed E-state index contributed by atoms with van der Waals surface area (Å²) in [5, 5.41) is 6.80. The predicted octanol–water partition coefficient (Wildman–Crippen LogP) is 2.85. The summed E-state index contributed by atoms with van der Waals surface area (Å²) in [6.45, 7) is 10.3. The number of rotatable bonds is 7. The normalized spacial score (nSPS) is 18.6. The van der Waals surface area contributed by atoms with Crippen LogP contribution in [0.1, 0.15) is 43.7 Å². The highest BCUT2D eigenvalue weighted by molar-refractivity contribution is 5.79. The van der Waals surface area contributed by atoms with Gasteiger partial charge in [0.15, 0.2) is 5.96 Å². The lowest BCUT2D eigenvalue weighted by molar-refractivity contribution is -0.0828. The molecule has 140 valence electrons. The van der Waals surface area contributed by atoms with Crippen LogP contribution >= 0.6 is 0 Å². The largest absolute Gasteiger partial charge is 0.381 e. The van der Waals surface area contributed by atoms with Gasteiger partial charge in [-0.1, -0.05) is 36.8 Å². The highest BCUT2D eigenvalue weighted by Gasteiger charge is 2.32. The lowest BCUT2D eigenvalue weighted by Gasteiger charge is -2.34. The quantitative estimate of drug-likeness (QED) is 0.588. The highest BCUT2D eigenvalue weighted by atomic mass is 16.5. The molecule has 5 nitrogen and oxygen atoms in total. The lowest BCUT2D eigenvalue weighted by Crippen LogP contribution is -2.44. The maximum atomic E-state index is 5.77. The zero-order chi connectivity index (χ0) is 18.1. The van der Waals surface area contributed by atoms with Gasteiger partial charge in [0.1, 0.15) is 0 Å². The van der Waals surface area contributed by atoms with Crippen LogP contribution in [0.5, 0.6) is 0 Å². The summed E-state index contributed by atoms with van der Waals surface area (Å²) in [4.78, 5) is 4.77. The Balaban J connectivity index is 1.93. The third-order valence-electron chi connectivity index (χ3n) is 4.93. The van der Waals surface area contributed by atoms with Gasteiger partial charge in [0, 0.05) is 46.3 Å². The van der Waals surface area contributed by atoms with E-state index >= 15 is 0 Å². The van der Waals surface area contributed by atoms with E-state index in [4.69, 9.17) is 14.5 Å². The summed E-state index contributed by atoms with van der Waals surface area (Å²) >= 11 is 0. The molecule has 0 bridgehead atoms. The van der Waals surface area contributed by atoms with Crippen LogP contribution in [0.3, 0.4) is 0 Å². The fourth-order valence-electron chi connectivity index (χ4n) is 3.00. The van der Waals surface area contributed by atoms with E-state index in [1.54, 1.807) is 7.11 Å². The van der Waals surface area contributed by atoms with Crippen LogP contribution in [-0.2, 0) is 9.47 Å². The van der Waals surface area contributed by atoms with Gasteiger partial charge in [0.05, 0.1) is 12.1 Å². The van der Waals surface area contributed by atoms with Crippen molar-refractivity contribution in [3.05, 3.63) is 35.4 Å². The number of methoxy groups -OCH3 is 1. The molecular formula is C20H33N3O2. The van der Waals surface area contributed by atoms with Crippen molar-refractivity contribution in [1.82, 2.24) is 10.6 Å². The first-order chi connectivity index (χ1) is 12.1. The standard InChI is InChI=1S/C20H33N3O2/c1-5-21-19(23-15-20(24-4)10-12-25-13-11-20)22-14-17(3)18-8-6-16(2)7-9-18/h6-9,17H,5,10-15H2,1-4H3,(H2,21,22,23). The number of nitrogens with zero attached hydrogens (tertiary/aromatic N) is 1. The molecular weight excluding hydrogens is 314 g/mol. The van der Waals surface area contributed by atoms with Crippen molar-refractivity contribution < 1.29 is 9.47 Å². The van der Waals surface area contributed by atoms with Crippen molar-refractivity contribution in [2.24, 2.45) is 4.99 Å². The maximum absolute atomic E-state index is 5.77. The van der Waals surface area contributed by atoms with Gasteiger partial charge in [-0.05, 0) is 25.3 Å². The van der Waals surface area contributed by atoms with Gasteiger partial charge < -0.3 is 20.1 Å². The minimum atomic E-state index is -0.191. The Hall–Kier alpha value is -1.59. The molecule has 0 spiro atoms. The maximum Gasteiger partial charge on any atom is 0.191 e. The van der Waals surface area contributed by atoms with Gasteiger partial charge in [-0.25, -0.2) is 0 Å². The Morgan fingerprint density at radius 2 is 1.92 bits per heavy atom. The fourth-order valence-corrected chi connectivity index (χ4v) is 3.00. The molecule has 25 heavy (non-hydrogen) atoms. The van der Waals surface area contributed by atoms with Crippen LogP contribution in [0.15, 0.2) is 29.3 Å². The van der Waals surface area contributed by atoms with Gasteiger partial charge in [-0.2, -0.15) is 0 Å². The average Bonchev–Trinajstić information content (AvgIpc) is 2.65. The second-order valence-electron chi connectivity index (χ2n) is 6.89. The molecule has 0 amide bonds. The molecule has 0 aliphatic carbocycles. The van der Waals surface area contributed by atoms with Crippen molar-refractivity contribution in [2.75, 3.05) is 40.0 Å². The fraction of sp³-hybridized carbons (Fsp3) is 0.650. The van der Waals surface area contributed by atoms with Crippen molar-refractivity contribution in [3.8, 4) is 0 Å². The van der Waals surface area contributed by atoms with Gasteiger partial charge >= 0.3 is 0 Å². The zero-order valence-corrected chi connectivity index (χ0v) is 16.1. The van der Waals surface area contributed by atoms with Gasteiger partial charge in [-0.3, -0.25) is 4.99 Å². The summed E-state index contributed by atoms with van der Waals surface area (Å²) in [6, 6.07) is 8.73. The predicted molar refractivity (Wildman–Crippen MR) is 103 cm³/mol. The molecule has 1 aromatic rings. The molecule has 1 saturated heterocycles. The van der Waals surface area contributed by atoms with Gasteiger partial charge in [0.25, 0.3) is 0 Å². The van der Waals surface area contributed by atoms with E-state index in [1.807, 2.05) is 0 Å². The van der Waals surface area contributed by atoms with Crippen LogP contribution in [0.25, 0.3) is 0 Å². The van der Waals surface area contributed by atoms with Crippen LogP contribution < -0.4 is 10.6 Å². The highest BCUT2D eigenvalue weighted by Crippen LogP contribution is 2.24. The number of benzene rings is 1. The van der Waals surface area contributed by atoms with E-state index in [1.165, 1.54) is 11.1 Å². The van der Waals surface area contributed by atoms with E-state index in [0.717, 1.165) is 45.1 Å². The molecule has 1 heterocycles. The van der Waals surface area contributed by atoms with Crippen LogP contribution in [0, 0.1) is 6.92 Å². The van der Waals surface area contributed by atoms with Gasteiger partial charge in [0.2, 0.25) is 0 Å². The second kappa shape index (κ2) is 9.78. The molecule has 2 rings (SSSR count). The van der Waals surface area contributed by atoms with E-state index < -0.39 is 0 Å². The number of nitrogens with one attached hydrogen (secondary N) is 2. The number of guanidine groups is 1. The summed E-state index contributed by atoms with van der Waals surface area (Å²) in [5.74, 6) is 1.27. The van der Waals surface area contributed by atoms with Crippen molar-refractivity contribution in [3.63, 3.8) is 0 Å². The van der Waals surface area contributed by atoms with E-state index in [2.05, 4.69) is 55.7 Å². The molecule has 5 heteroatoms. The Bertz CT molecular complexity index is 536. The average molecular weight is 348 g/mol. The Kier molecular flexibility index (Phi) is 7.72.